The number of aryl methyl sites for hydroxylation is 1. The van der Waals surface area contributed by atoms with Crippen molar-refractivity contribution in [1.29, 1.82) is 0 Å². The van der Waals surface area contributed by atoms with Gasteiger partial charge in [0.2, 0.25) is 0 Å². The molecule has 0 aliphatic heterocycles. The van der Waals surface area contributed by atoms with E-state index in [2.05, 4.69) is 22.8 Å². The molecule has 0 radical (unpaired) electrons. The number of rotatable bonds is 12. The summed E-state index contributed by atoms with van der Waals surface area (Å²) in [5, 5.41) is 16.8. The van der Waals surface area contributed by atoms with Crippen LogP contribution in [0.1, 0.15) is 44.1 Å². The molecule has 0 unspecified atom stereocenters. The van der Waals surface area contributed by atoms with Crippen LogP contribution in [0.15, 0.2) is 60.7 Å². The van der Waals surface area contributed by atoms with E-state index in [0.717, 1.165) is 49.3 Å². The number of anilines is 1. The average Bonchev–Trinajstić information content (AvgIpc) is 2.90. The minimum atomic E-state index is -0.216. The van der Waals surface area contributed by atoms with Crippen molar-refractivity contribution in [1.82, 2.24) is 5.32 Å². The standard InChI is InChI=1S/C30H37FN2O4/c31-26-13-12-24-20-23(8-11-25(24)21-26)5-3-4-22-9-14-27(15-10-22)32-30(35)33-28-6-1-2-7-29(28)37-19-18-36-17-16-34/h1-2,6-8,11-13,20-22,27,34H,3-5,9-10,14-19H2,(H2,32,33,35). The highest BCUT2D eigenvalue weighted by Gasteiger charge is 2.22. The molecule has 0 spiro atoms. The number of aliphatic hydroxyl groups is 1. The fraction of sp³-hybridized carbons (Fsp3) is 0.433. The Labute approximate surface area is 218 Å². The van der Waals surface area contributed by atoms with Crippen LogP contribution in [-0.4, -0.2) is 43.6 Å². The first-order chi connectivity index (χ1) is 18.1. The molecule has 3 aromatic carbocycles. The Morgan fingerprint density at radius 1 is 0.946 bits per heavy atom. The highest BCUT2D eigenvalue weighted by molar-refractivity contribution is 5.91. The summed E-state index contributed by atoms with van der Waals surface area (Å²) in [5.74, 6) is 1.09. The Morgan fingerprint density at radius 2 is 1.73 bits per heavy atom. The summed E-state index contributed by atoms with van der Waals surface area (Å²) in [6.07, 6.45) is 7.57. The molecule has 0 heterocycles. The zero-order valence-electron chi connectivity index (χ0n) is 21.3. The van der Waals surface area contributed by atoms with E-state index in [-0.39, 0.29) is 31.1 Å². The molecule has 1 saturated carbocycles. The van der Waals surface area contributed by atoms with Gasteiger partial charge in [0.25, 0.3) is 0 Å². The lowest BCUT2D eigenvalue weighted by Gasteiger charge is -2.29. The third-order valence-corrected chi connectivity index (χ3v) is 6.98. The summed E-state index contributed by atoms with van der Waals surface area (Å²) < 4.78 is 24.3. The Kier molecular flexibility index (Phi) is 10.1. The maximum absolute atomic E-state index is 13.4. The molecule has 3 aromatic rings. The number of urea groups is 1. The molecule has 1 aliphatic rings. The van der Waals surface area contributed by atoms with Gasteiger partial charge < -0.3 is 25.2 Å². The Balaban J connectivity index is 1.15. The lowest BCUT2D eigenvalue weighted by molar-refractivity contribution is 0.0706. The van der Waals surface area contributed by atoms with E-state index in [0.29, 0.717) is 30.6 Å². The van der Waals surface area contributed by atoms with E-state index in [1.807, 2.05) is 36.4 Å². The molecule has 4 rings (SSSR count). The third kappa shape index (κ3) is 8.44. The number of ether oxygens (including phenoxy) is 2. The average molecular weight is 509 g/mol. The number of carbonyl (C=O) groups excluding carboxylic acids is 1. The first kappa shape index (κ1) is 26.9. The van der Waals surface area contributed by atoms with Gasteiger partial charge in [0.05, 0.1) is 25.5 Å². The van der Waals surface area contributed by atoms with E-state index < -0.39 is 0 Å². The van der Waals surface area contributed by atoms with Gasteiger partial charge in [0.15, 0.2) is 0 Å². The number of para-hydroxylation sites is 2. The summed E-state index contributed by atoms with van der Waals surface area (Å²) in [7, 11) is 0. The number of halogens is 1. The molecular formula is C30H37FN2O4. The minimum Gasteiger partial charge on any atom is -0.489 e. The monoisotopic (exact) mass is 508 g/mol. The van der Waals surface area contributed by atoms with E-state index in [1.54, 1.807) is 6.07 Å². The van der Waals surface area contributed by atoms with E-state index in [4.69, 9.17) is 14.6 Å². The molecule has 3 N–H and O–H groups in total. The molecule has 0 aromatic heterocycles. The summed E-state index contributed by atoms with van der Waals surface area (Å²) in [6.45, 7) is 0.969. The van der Waals surface area contributed by atoms with Crippen molar-refractivity contribution in [2.45, 2.75) is 51.0 Å². The van der Waals surface area contributed by atoms with Gasteiger partial charge in [-0.1, -0.05) is 42.8 Å². The molecule has 198 valence electrons. The third-order valence-electron chi connectivity index (χ3n) is 6.98. The molecular weight excluding hydrogens is 471 g/mol. The zero-order chi connectivity index (χ0) is 25.9. The smallest absolute Gasteiger partial charge is 0.319 e. The quantitative estimate of drug-likeness (QED) is 0.260. The lowest BCUT2D eigenvalue weighted by atomic mass is 9.83. The molecule has 1 fully saturated rings. The number of amides is 2. The second-order valence-corrected chi connectivity index (χ2v) is 9.71. The first-order valence-electron chi connectivity index (χ1n) is 13.3. The molecule has 6 nitrogen and oxygen atoms in total. The van der Waals surface area contributed by atoms with Crippen LogP contribution >= 0.6 is 0 Å². The number of nitrogens with one attached hydrogen (secondary N) is 2. The van der Waals surface area contributed by atoms with Crippen LogP contribution in [0.2, 0.25) is 0 Å². The van der Waals surface area contributed by atoms with Gasteiger partial charge in [-0.25, -0.2) is 9.18 Å². The fourth-order valence-corrected chi connectivity index (χ4v) is 5.03. The number of aliphatic hydroxyl groups excluding tert-OH is 1. The number of fused-ring (bicyclic) bond motifs is 1. The Bertz CT molecular complexity index is 1150. The van der Waals surface area contributed by atoms with E-state index in [9.17, 15) is 9.18 Å². The maximum Gasteiger partial charge on any atom is 0.319 e. The predicted octanol–water partition coefficient (Wildman–Crippen LogP) is 6.07. The van der Waals surface area contributed by atoms with Crippen molar-refractivity contribution in [3.8, 4) is 5.75 Å². The topological polar surface area (TPSA) is 79.8 Å². The van der Waals surface area contributed by atoms with Gasteiger partial charge in [-0.05, 0) is 85.0 Å². The first-order valence-corrected chi connectivity index (χ1v) is 13.3. The van der Waals surface area contributed by atoms with Crippen molar-refractivity contribution >= 4 is 22.5 Å². The van der Waals surface area contributed by atoms with Crippen LogP contribution in [-0.2, 0) is 11.2 Å². The summed E-state index contributed by atoms with van der Waals surface area (Å²) >= 11 is 0. The number of hydrogen-bond donors (Lipinski definition) is 3. The normalized spacial score (nSPS) is 17.5. The van der Waals surface area contributed by atoms with Gasteiger partial charge >= 0.3 is 6.03 Å². The molecule has 7 heteroatoms. The highest BCUT2D eigenvalue weighted by Crippen LogP contribution is 2.29. The fourth-order valence-electron chi connectivity index (χ4n) is 5.03. The van der Waals surface area contributed by atoms with Gasteiger partial charge in [-0.2, -0.15) is 0 Å². The van der Waals surface area contributed by atoms with Crippen LogP contribution < -0.4 is 15.4 Å². The molecule has 1 aliphatic carbocycles. The van der Waals surface area contributed by atoms with Crippen LogP contribution in [0.25, 0.3) is 10.8 Å². The highest BCUT2D eigenvalue weighted by atomic mass is 19.1. The maximum atomic E-state index is 13.4. The van der Waals surface area contributed by atoms with Gasteiger partial charge in [-0.3, -0.25) is 0 Å². The van der Waals surface area contributed by atoms with Gasteiger partial charge in [-0.15, -0.1) is 0 Å². The van der Waals surface area contributed by atoms with Crippen LogP contribution in [0.5, 0.6) is 5.75 Å². The number of hydrogen-bond acceptors (Lipinski definition) is 4. The summed E-state index contributed by atoms with van der Waals surface area (Å²) in [6, 6.07) is 18.5. The Hall–Kier alpha value is -3.16. The molecule has 2 amide bonds. The van der Waals surface area contributed by atoms with Crippen LogP contribution in [0.3, 0.4) is 0 Å². The zero-order valence-corrected chi connectivity index (χ0v) is 21.3. The Morgan fingerprint density at radius 3 is 2.57 bits per heavy atom. The van der Waals surface area contributed by atoms with Gasteiger partial charge in [0, 0.05) is 6.04 Å². The largest absolute Gasteiger partial charge is 0.489 e. The van der Waals surface area contributed by atoms with E-state index >= 15 is 0 Å². The second kappa shape index (κ2) is 14.0. The van der Waals surface area contributed by atoms with E-state index in [1.165, 1.54) is 18.1 Å². The molecule has 0 bridgehead atoms. The molecule has 0 atom stereocenters. The summed E-state index contributed by atoms with van der Waals surface area (Å²) in [5.41, 5.74) is 1.92. The lowest BCUT2D eigenvalue weighted by Crippen LogP contribution is -2.40. The van der Waals surface area contributed by atoms with Crippen molar-refractivity contribution in [2.75, 3.05) is 31.7 Å². The molecule has 0 saturated heterocycles. The minimum absolute atomic E-state index is 0.0182. The summed E-state index contributed by atoms with van der Waals surface area (Å²) in [4.78, 5) is 12.6. The van der Waals surface area contributed by atoms with Gasteiger partial charge in [0.1, 0.15) is 18.2 Å². The second-order valence-electron chi connectivity index (χ2n) is 9.71. The number of benzene rings is 3. The number of carbonyl (C=O) groups is 1. The molecule has 37 heavy (non-hydrogen) atoms. The van der Waals surface area contributed by atoms with Crippen molar-refractivity contribution in [3.63, 3.8) is 0 Å². The van der Waals surface area contributed by atoms with Crippen LogP contribution in [0.4, 0.5) is 14.9 Å². The van der Waals surface area contributed by atoms with Crippen molar-refractivity contribution in [2.24, 2.45) is 5.92 Å². The van der Waals surface area contributed by atoms with Crippen molar-refractivity contribution < 1.29 is 23.8 Å². The van der Waals surface area contributed by atoms with Crippen LogP contribution in [0, 0.1) is 11.7 Å². The SMILES string of the molecule is O=C(Nc1ccccc1OCCOCCO)NC1CCC(CCCc2ccc3cc(F)ccc3c2)CC1. The van der Waals surface area contributed by atoms with Crippen molar-refractivity contribution in [3.05, 3.63) is 72.0 Å². The predicted molar refractivity (Wildman–Crippen MR) is 145 cm³/mol.